The summed E-state index contributed by atoms with van der Waals surface area (Å²) in [5, 5.41) is 7.22. The molecule has 6 heteroatoms. The summed E-state index contributed by atoms with van der Waals surface area (Å²) >= 11 is 0. The highest BCUT2D eigenvalue weighted by Gasteiger charge is 1.98. The second kappa shape index (κ2) is 7.04. The van der Waals surface area contributed by atoms with Crippen LogP contribution in [0.25, 0.3) is 0 Å². The quantitative estimate of drug-likeness (QED) is 0.501. The zero-order valence-electron chi connectivity index (χ0n) is 11.2. The topological polar surface area (TPSA) is 86.0 Å². The molecule has 0 amide bonds. The van der Waals surface area contributed by atoms with Crippen LogP contribution in [-0.2, 0) is 6.61 Å². The molecule has 0 fully saturated rings. The minimum absolute atomic E-state index is 0.0913. The molecule has 0 aliphatic heterocycles. The fourth-order valence-corrected chi connectivity index (χ4v) is 1.59. The molecule has 0 aromatic heterocycles. The number of hydrogen-bond donors (Lipinski definition) is 2. The Morgan fingerprint density at radius 2 is 1.90 bits per heavy atom. The van der Waals surface area contributed by atoms with E-state index in [-0.39, 0.29) is 11.8 Å². The summed E-state index contributed by atoms with van der Waals surface area (Å²) in [4.78, 5) is 0. The number of nitrogens with two attached hydrogens (primary N) is 2. The number of halogens is 1. The molecule has 0 radical (unpaired) electrons. The van der Waals surface area contributed by atoms with E-state index in [1.165, 1.54) is 18.3 Å². The average Bonchev–Trinajstić information content (AvgIpc) is 2.46. The van der Waals surface area contributed by atoms with Crippen LogP contribution in [0, 0.1) is 5.82 Å². The van der Waals surface area contributed by atoms with E-state index in [1.54, 1.807) is 12.1 Å². The van der Waals surface area contributed by atoms with E-state index in [0.717, 1.165) is 11.1 Å². The molecule has 0 bridgehead atoms. The van der Waals surface area contributed by atoms with E-state index in [9.17, 15) is 4.39 Å². The van der Waals surface area contributed by atoms with E-state index in [4.69, 9.17) is 16.2 Å². The summed E-state index contributed by atoms with van der Waals surface area (Å²) in [6.45, 7) is 0.356. The monoisotopic (exact) mass is 286 g/mol. The van der Waals surface area contributed by atoms with Crippen molar-refractivity contribution < 1.29 is 9.13 Å². The van der Waals surface area contributed by atoms with Crippen molar-refractivity contribution in [3.63, 3.8) is 0 Å². The van der Waals surface area contributed by atoms with Crippen LogP contribution in [0.3, 0.4) is 0 Å². The standard InChI is InChI=1S/C15H15FN4O/c16-13-2-1-3-14(8-13)21-10-12-6-4-11(5-7-12)9-19-20-15(17)18/h1-9H,10H2,(H4,17,18,20). The molecule has 5 nitrogen and oxygen atoms in total. The fraction of sp³-hybridized carbons (Fsp3) is 0.0667. The van der Waals surface area contributed by atoms with Gasteiger partial charge < -0.3 is 16.2 Å². The molecule has 21 heavy (non-hydrogen) atoms. The van der Waals surface area contributed by atoms with Crippen molar-refractivity contribution in [2.45, 2.75) is 6.61 Å². The Bertz CT molecular complexity index is 649. The van der Waals surface area contributed by atoms with Gasteiger partial charge in [-0.15, -0.1) is 5.10 Å². The second-order valence-electron chi connectivity index (χ2n) is 4.26. The van der Waals surface area contributed by atoms with Gasteiger partial charge in [-0.1, -0.05) is 30.3 Å². The van der Waals surface area contributed by atoms with Crippen molar-refractivity contribution in [1.82, 2.24) is 0 Å². The molecule has 108 valence electrons. The van der Waals surface area contributed by atoms with Gasteiger partial charge in [0.1, 0.15) is 18.2 Å². The lowest BCUT2D eigenvalue weighted by Gasteiger charge is -2.06. The molecule has 2 aromatic carbocycles. The highest BCUT2D eigenvalue weighted by molar-refractivity contribution is 5.81. The minimum Gasteiger partial charge on any atom is -0.489 e. The van der Waals surface area contributed by atoms with Gasteiger partial charge in [0.05, 0.1) is 6.21 Å². The van der Waals surface area contributed by atoms with Gasteiger partial charge in [0, 0.05) is 6.07 Å². The van der Waals surface area contributed by atoms with Gasteiger partial charge in [-0.25, -0.2) is 4.39 Å². The smallest absolute Gasteiger partial charge is 0.211 e. The SMILES string of the molecule is NC(N)=NN=Cc1ccc(COc2cccc(F)c2)cc1. The van der Waals surface area contributed by atoms with Crippen LogP contribution >= 0.6 is 0 Å². The highest BCUT2D eigenvalue weighted by Crippen LogP contribution is 2.14. The van der Waals surface area contributed by atoms with Crippen molar-refractivity contribution in [3.05, 3.63) is 65.5 Å². The molecular formula is C15H15FN4O. The number of benzene rings is 2. The Labute approximate surface area is 121 Å². The number of rotatable bonds is 5. The maximum Gasteiger partial charge on any atom is 0.211 e. The maximum atomic E-state index is 13.0. The lowest BCUT2D eigenvalue weighted by molar-refractivity contribution is 0.304. The van der Waals surface area contributed by atoms with Gasteiger partial charge in [0.25, 0.3) is 0 Å². The normalized spacial score (nSPS) is 10.5. The number of nitrogens with zero attached hydrogens (tertiary/aromatic N) is 2. The predicted molar refractivity (Wildman–Crippen MR) is 80.6 cm³/mol. The van der Waals surface area contributed by atoms with Gasteiger partial charge in [0.2, 0.25) is 5.96 Å². The third-order valence-electron chi connectivity index (χ3n) is 2.56. The highest BCUT2D eigenvalue weighted by atomic mass is 19.1. The van der Waals surface area contributed by atoms with Crippen LogP contribution in [-0.4, -0.2) is 12.2 Å². The first-order valence-corrected chi connectivity index (χ1v) is 6.23. The molecule has 0 heterocycles. The van der Waals surface area contributed by atoms with Crippen LogP contribution < -0.4 is 16.2 Å². The average molecular weight is 286 g/mol. The van der Waals surface area contributed by atoms with Crippen LogP contribution in [0.4, 0.5) is 4.39 Å². The first-order valence-electron chi connectivity index (χ1n) is 6.23. The van der Waals surface area contributed by atoms with Gasteiger partial charge in [0.15, 0.2) is 0 Å². The van der Waals surface area contributed by atoms with E-state index in [0.29, 0.717) is 12.4 Å². The third kappa shape index (κ3) is 4.94. The Morgan fingerprint density at radius 3 is 2.57 bits per heavy atom. The van der Waals surface area contributed by atoms with Gasteiger partial charge in [-0.3, -0.25) is 0 Å². The summed E-state index contributed by atoms with van der Waals surface area (Å²) in [5.41, 5.74) is 12.1. The molecule has 0 aliphatic carbocycles. The number of ether oxygens (including phenoxy) is 1. The molecule has 0 saturated carbocycles. The van der Waals surface area contributed by atoms with Crippen molar-refractivity contribution in [2.24, 2.45) is 21.7 Å². The molecule has 2 rings (SSSR count). The molecule has 2 aromatic rings. The van der Waals surface area contributed by atoms with E-state index < -0.39 is 0 Å². The van der Waals surface area contributed by atoms with Crippen LogP contribution in [0.2, 0.25) is 0 Å². The summed E-state index contributed by atoms with van der Waals surface area (Å²) in [6, 6.07) is 13.5. The number of guanidine groups is 1. The Kier molecular flexibility index (Phi) is 4.87. The maximum absolute atomic E-state index is 13.0. The summed E-state index contributed by atoms with van der Waals surface area (Å²) in [5.74, 6) is 0.0820. The van der Waals surface area contributed by atoms with Crippen molar-refractivity contribution in [1.29, 1.82) is 0 Å². The zero-order valence-corrected chi connectivity index (χ0v) is 11.2. The van der Waals surface area contributed by atoms with Crippen LogP contribution in [0.1, 0.15) is 11.1 Å². The summed E-state index contributed by atoms with van der Waals surface area (Å²) < 4.78 is 18.5. The Hall–Kier alpha value is -2.89. The van der Waals surface area contributed by atoms with E-state index in [2.05, 4.69) is 10.2 Å². The van der Waals surface area contributed by atoms with E-state index >= 15 is 0 Å². The summed E-state index contributed by atoms with van der Waals surface area (Å²) in [6.07, 6.45) is 1.54. The zero-order chi connectivity index (χ0) is 15.1. The number of hydrogen-bond acceptors (Lipinski definition) is 3. The molecule has 0 aliphatic rings. The van der Waals surface area contributed by atoms with E-state index in [1.807, 2.05) is 24.3 Å². The van der Waals surface area contributed by atoms with Crippen molar-refractivity contribution >= 4 is 12.2 Å². The van der Waals surface area contributed by atoms with Crippen molar-refractivity contribution in [2.75, 3.05) is 0 Å². The predicted octanol–water partition coefficient (Wildman–Crippen LogP) is 2.01. The molecular weight excluding hydrogens is 271 g/mol. The first kappa shape index (κ1) is 14.5. The fourth-order valence-electron chi connectivity index (χ4n) is 1.59. The van der Waals surface area contributed by atoms with Gasteiger partial charge in [-0.05, 0) is 23.3 Å². The second-order valence-corrected chi connectivity index (χ2v) is 4.26. The largest absolute Gasteiger partial charge is 0.489 e. The Balaban J connectivity index is 1.93. The molecule has 0 unspecified atom stereocenters. The van der Waals surface area contributed by atoms with Crippen LogP contribution in [0.15, 0.2) is 58.7 Å². The minimum atomic E-state index is -0.321. The first-order chi connectivity index (χ1) is 10.1. The molecule has 0 spiro atoms. The van der Waals surface area contributed by atoms with Gasteiger partial charge >= 0.3 is 0 Å². The van der Waals surface area contributed by atoms with Crippen molar-refractivity contribution in [3.8, 4) is 5.75 Å². The lowest BCUT2D eigenvalue weighted by Crippen LogP contribution is -2.21. The lowest BCUT2D eigenvalue weighted by atomic mass is 10.1. The third-order valence-corrected chi connectivity index (χ3v) is 2.56. The summed E-state index contributed by atoms with van der Waals surface area (Å²) in [7, 11) is 0. The molecule has 4 N–H and O–H groups in total. The van der Waals surface area contributed by atoms with Gasteiger partial charge in [-0.2, -0.15) is 5.10 Å². The molecule has 0 atom stereocenters. The van der Waals surface area contributed by atoms with Crippen LogP contribution in [0.5, 0.6) is 5.75 Å². The molecule has 0 saturated heterocycles. The Morgan fingerprint density at radius 1 is 1.14 bits per heavy atom.